The fourth-order valence-electron chi connectivity index (χ4n) is 1.98. The summed E-state index contributed by atoms with van der Waals surface area (Å²) in [7, 11) is 1.34. The fourth-order valence-corrected chi connectivity index (χ4v) is 2.89. The molecule has 0 amide bonds. The van der Waals surface area contributed by atoms with Crippen molar-refractivity contribution < 1.29 is 27.4 Å². The van der Waals surface area contributed by atoms with Gasteiger partial charge in [-0.25, -0.2) is 9.10 Å². The number of carbonyl (C=O) groups excluding carboxylic acids is 1. The van der Waals surface area contributed by atoms with E-state index in [0.29, 0.717) is 17.1 Å². The summed E-state index contributed by atoms with van der Waals surface area (Å²) in [6, 6.07) is 4.81. The third-order valence-corrected chi connectivity index (χ3v) is 4.56. The maximum atomic E-state index is 12.1. The Morgan fingerprint density at radius 3 is 2.35 bits per heavy atom. The van der Waals surface area contributed by atoms with Gasteiger partial charge in [0, 0.05) is 12.6 Å². The van der Waals surface area contributed by atoms with Crippen LogP contribution in [0.15, 0.2) is 34.4 Å². The van der Waals surface area contributed by atoms with Crippen LogP contribution >= 0.6 is 0 Å². The number of nitrogens with zero attached hydrogens (tertiary/aromatic N) is 2. The average molecular weight is 340 g/mol. The highest BCUT2D eigenvalue weighted by molar-refractivity contribution is 7.88. The number of allylic oxidation sites excluding steroid dienone is 1. The molecule has 0 atom stereocenters. The second-order valence-electron chi connectivity index (χ2n) is 4.51. The highest BCUT2D eigenvalue weighted by Crippen LogP contribution is 2.29. The quantitative estimate of drug-likeness (QED) is 0.750. The number of ether oxygens (including phenoxy) is 3. The van der Waals surface area contributed by atoms with Crippen molar-refractivity contribution in [1.29, 1.82) is 0 Å². The van der Waals surface area contributed by atoms with Gasteiger partial charge >= 0.3 is 16.2 Å². The lowest BCUT2D eigenvalue weighted by Gasteiger charge is -2.22. The average Bonchev–Trinajstić information content (AvgIpc) is 2.55. The lowest BCUT2D eigenvalue weighted by molar-refractivity contribution is -0.137. The molecule has 1 aliphatic rings. The van der Waals surface area contributed by atoms with E-state index in [9.17, 15) is 13.2 Å². The molecule has 1 aliphatic heterocycles. The Hall–Kier alpha value is -2.55. The lowest BCUT2D eigenvalue weighted by atomic mass is 10.1. The van der Waals surface area contributed by atoms with E-state index in [0.717, 1.165) is 4.31 Å². The van der Waals surface area contributed by atoms with Crippen LogP contribution in [0.5, 0.6) is 11.5 Å². The number of hydrogen-bond donors (Lipinski definition) is 0. The van der Waals surface area contributed by atoms with Crippen LogP contribution in [0.4, 0.5) is 0 Å². The third kappa shape index (κ3) is 3.14. The highest BCUT2D eigenvalue weighted by atomic mass is 32.2. The van der Waals surface area contributed by atoms with E-state index in [1.54, 1.807) is 18.2 Å². The molecular weight excluding hydrogens is 324 g/mol. The molecule has 0 saturated heterocycles. The first-order valence-electron chi connectivity index (χ1n) is 6.45. The van der Waals surface area contributed by atoms with Gasteiger partial charge in [-0.15, -0.1) is 4.40 Å². The summed E-state index contributed by atoms with van der Waals surface area (Å²) < 4.78 is 43.6. The fraction of sp³-hybridized carbons (Fsp3) is 0.286. The van der Waals surface area contributed by atoms with E-state index >= 15 is 0 Å². The van der Waals surface area contributed by atoms with Gasteiger partial charge in [-0.2, -0.15) is 8.42 Å². The van der Waals surface area contributed by atoms with E-state index in [1.807, 2.05) is 0 Å². The minimum absolute atomic E-state index is 0.101. The largest absolute Gasteiger partial charge is 0.493 e. The molecule has 0 aromatic heterocycles. The van der Waals surface area contributed by atoms with Gasteiger partial charge in [0.15, 0.2) is 11.5 Å². The van der Waals surface area contributed by atoms with E-state index in [4.69, 9.17) is 9.47 Å². The smallest absolute Gasteiger partial charge is 0.355 e. The Balaban J connectivity index is 2.58. The molecule has 0 radical (unpaired) electrons. The molecule has 1 aromatic rings. The van der Waals surface area contributed by atoms with E-state index in [2.05, 4.69) is 9.13 Å². The van der Waals surface area contributed by atoms with Crippen molar-refractivity contribution in [2.45, 2.75) is 0 Å². The maximum Gasteiger partial charge on any atom is 0.355 e. The van der Waals surface area contributed by atoms with Gasteiger partial charge in [0.2, 0.25) is 0 Å². The molecule has 0 spiro atoms. The maximum absolute atomic E-state index is 12.1. The molecular formula is C14H16N2O6S. The molecule has 1 aromatic carbocycles. The van der Waals surface area contributed by atoms with Crippen LogP contribution < -0.4 is 9.47 Å². The number of methoxy groups -OCH3 is 3. The zero-order valence-electron chi connectivity index (χ0n) is 13.1. The summed E-state index contributed by atoms with van der Waals surface area (Å²) in [4.78, 5) is 11.8. The molecule has 8 nitrogen and oxygen atoms in total. The molecule has 2 rings (SSSR count). The molecule has 0 bridgehead atoms. The molecule has 0 aliphatic carbocycles. The van der Waals surface area contributed by atoms with E-state index in [1.165, 1.54) is 34.5 Å². The number of hydrogen-bond acceptors (Lipinski definition) is 6. The Morgan fingerprint density at radius 2 is 1.78 bits per heavy atom. The van der Waals surface area contributed by atoms with Crippen molar-refractivity contribution >= 4 is 21.9 Å². The SMILES string of the molecule is COC(=O)C1=CC(c2ccc(OC)c(OC)c2)=NS(=O)(=O)N1C. The standard InChI is InChI=1S/C14H16N2O6S/c1-16-11(14(17)22-4)8-10(15-23(16,18)19)9-5-6-12(20-2)13(7-9)21-3/h5-8H,1-4H3. The van der Waals surface area contributed by atoms with Crippen LogP contribution in [0.2, 0.25) is 0 Å². The lowest BCUT2D eigenvalue weighted by Crippen LogP contribution is -2.33. The summed E-state index contributed by atoms with van der Waals surface area (Å²) >= 11 is 0. The first kappa shape index (κ1) is 16.8. The van der Waals surface area contributed by atoms with Crippen molar-refractivity contribution in [1.82, 2.24) is 4.31 Å². The summed E-state index contributed by atoms with van der Waals surface area (Å²) in [5.41, 5.74) is 0.428. The predicted octanol–water partition coefficient (Wildman–Crippen LogP) is 0.740. The van der Waals surface area contributed by atoms with E-state index in [-0.39, 0.29) is 11.4 Å². The summed E-state index contributed by atoms with van der Waals surface area (Å²) in [6.45, 7) is 0. The number of esters is 1. The number of benzene rings is 1. The van der Waals surface area contributed by atoms with Crippen molar-refractivity contribution in [3.05, 3.63) is 35.5 Å². The van der Waals surface area contributed by atoms with Gasteiger partial charge in [0.25, 0.3) is 0 Å². The van der Waals surface area contributed by atoms with Gasteiger partial charge in [-0.3, -0.25) is 0 Å². The minimum Gasteiger partial charge on any atom is -0.493 e. The van der Waals surface area contributed by atoms with Crippen LogP contribution in [-0.4, -0.2) is 52.8 Å². The molecule has 0 fully saturated rings. The summed E-state index contributed by atoms with van der Waals surface area (Å²) in [5, 5.41) is 0. The molecule has 1 heterocycles. The van der Waals surface area contributed by atoms with Crippen LogP contribution in [0, 0.1) is 0 Å². The van der Waals surface area contributed by atoms with Crippen molar-refractivity contribution in [2.24, 2.45) is 4.40 Å². The van der Waals surface area contributed by atoms with Crippen LogP contribution in [-0.2, 0) is 19.7 Å². The van der Waals surface area contributed by atoms with Gasteiger partial charge < -0.3 is 14.2 Å². The number of carbonyl (C=O) groups is 1. The molecule has 124 valence electrons. The van der Waals surface area contributed by atoms with Gasteiger partial charge in [0.1, 0.15) is 5.70 Å². The van der Waals surface area contributed by atoms with Crippen LogP contribution in [0.25, 0.3) is 0 Å². The van der Waals surface area contributed by atoms with Crippen LogP contribution in [0.3, 0.4) is 0 Å². The number of likely N-dealkylation sites (N-methyl/N-ethyl adjacent to an activating group) is 1. The zero-order chi connectivity index (χ0) is 17.2. The highest BCUT2D eigenvalue weighted by Gasteiger charge is 2.30. The topological polar surface area (TPSA) is 94.5 Å². The third-order valence-electron chi connectivity index (χ3n) is 3.25. The molecule has 0 unspecified atom stereocenters. The first-order valence-corrected chi connectivity index (χ1v) is 7.85. The molecule has 23 heavy (non-hydrogen) atoms. The normalized spacial score (nSPS) is 16.3. The Morgan fingerprint density at radius 1 is 1.13 bits per heavy atom. The molecule has 9 heteroatoms. The minimum atomic E-state index is -4.02. The second kappa shape index (κ2) is 6.29. The van der Waals surface area contributed by atoms with Gasteiger partial charge in [-0.1, -0.05) is 0 Å². The zero-order valence-corrected chi connectivity index (χ0v) is 13.9. The molecule has 0 N–H and O–H groups in total. The first-order chi connectivity index (χ1) is 10.8. The summed E-state index contributed by atoms with van der Waals surface area (Å²) in [6.07, 6.45) is 1.34. The van der Waals surface area contributed by atoms with E-state index < -0.39 is 16.2 Å². The summed E-state index contributed by atoms with van der Waals surface area (Å²) in [5.74, 6) is 0.130. The Kier molecular flexibility index (Phi) is 4.60. The van der Waals surface area contributed by atoms with Crippen molar-refractivity contribution in [3.8, 4) is 11.5 Å². The van der Waals surface area contributed by atoms with Crippen molar-refractivity contribution in [3.63, 3.8) is 0 Å². The molecule has 0 saturated carbocycles. The Bertz CT molecular complexity index is 797. The Labute approximate surface area is 134 Å². The number of rotatable bonds is 4. The van der Waals surface area contributed by atoms with Gasteiger partial charge in [0.05, 0.1) is 27.0 Å². The second-order valence-corrected chi connectivity index (χ2v) is 6.14. The van der Waals surface area contributed by atoms with Crippen molar-refractivity contribution in [2.75, 3.05) is 28.4 Å². The predicted molar refractivity (Wildman–Crippen MR) is 82.9 cm³/mol. The van der Waals surface area contributed by atoms with Crippen LogP contribution in [0.1, 0.15) is 5.56 Å². The monoisotopic (exact) mass is 340 g/mol. The van der Waals surface area contributed by atoms with Gasteiger partial charge in [-0.05, 0) is 24.3 Å².